The average Bonchev–Trinajstić information content (AvgIpc) is 3.72. The van der Waals surface area contributed by atoms with E-state index in [0.29, 0.717) is 49.4 Å². The summed E-state index contributed by atoms with van der Waals surface area (Å²) < 4.78 is 24.3. The van der Waals surface area contributed by atoms with Crippen LogP contribution in [0, 0.1) is 17.8 Å². The van der Waals surface area contributed by atoms with Crippen molar-refractivity contribution in [3.8, 4) is 11.5 Å². The van der Waals surface area contributed by atoms with E-state index in [1.165, 1.54) is 12.5 Å². The van der Waals surface area contributed by atoms with Gasteiger partial charge in [0, 0.05) is 67.9 Å². The number of ether oxygens (including phenoxy) is 4. The van der Waals surface area contributed by atoms with Gasteiger partial charge in [0.15, 0.2) is 29.3 Å². The second-order valence-electron chi connectivity index (χ2n) is 20.0. The number of carbonyl (C=O) groups is 7. The highest BCUT2D eigenvalue weighted by atomic mass is 16.6. The fourth-order valence-electron chi connectivity index (χ4n) is 11.6. The molecule has 0 aromatic heterocycles. The van der Waals surface area contributed by atoms with E-state index in [0.717, 1.165) is 30.5 Å². The number of likely N-dealkylation sites (tertiary alicyclic amines) is 2. The largest absolute Gasteiger partial charge is 0.493 e. The first kappa shape index (κ1) is 53.3. The molecule has 7 N–H and O–H groups in total. The third-order valence-corrected chi connectivity index (χ3v) is 15.3. The van der Waals surface area contributed by atoms with Gasteiger partial charge in [0.1, 0.15) is 18.1 Å². The topological polar surface area (TPSA) is 272 Å². The minimum atomic E-state index is -1.10. The number of allylic oxidation sites excluding steroid dienone is 1. The highest BCUT2D eigenvalue weighted by Crippen LogP contribution is 2.64. The predicted octanol–water partition coefficient (Wildman–Crippen LogP) is 4.45. The Bertz CT molecular complexity index is 2390. The van der Waals surface area contributed by atoms with E-state index < -0.39 is 59.4 Å². The van der Waals surface area contributed by atoms with Crippen LogP contribution in [-0.2, 0) is 56.7 Å². The molecule has 5 aliphatic rings. The zero-order valence-electron chi connectivity index (χ0n) is 41.7. The SMILES string of the molecule is COc1ccc2c3c1O[C@H]1C(OC(=O)N4CCC(C(=O)NCCCC[C@H](CC(=O)OCc5ccccc5)C(=O)O)CC4CCC(=O)[C@H](CCCN=C(N)N)NC(=O)CCC(C)=O)=CC[C@H]4[C@@H](C2)N(C)CC[C@]314. The number of carbonyl (C=O) groups excluding carboxylic acids is 6. The number of benzene rings is 2. The van der Waals surface area contributed by atoms with Crippen molar-refractivity contribution in [3.05, 3.63) is 71.0 Å². The monoisotopic (exact) mass is 998 g/mol. The number of likely N-dealkylation sites (N-methyl/N-ethyl adjacent to an activating group) is 1. The van der Waals surface area contributed by atoms with Crippen molar-refractivity contribution in [1.82, 2.24) is 20.4 Å². The van der Waals surface area contributed by atoms with E-state index in [-0.39, 0.29) is 113 Å². The number of Topliss-reactive ketones (excluding diaryl/α,β-unsaturated/α-hetero) is 2. The maximum absolute atomic E-state index is 14.6. The van der Waals surface area contributed by atoms with Crippen molar-refractivity contribution in [3.63, 3.8) is 0 Å². The molecule has 3 aliphatic heterocycles. The summed E-state index contributed by atoms with van der Waals surface area (Å²) >= 11 is 0. The van der Waals surface area contributed by atoms with Crippen LogP contribution in [-0.4, -0.2) is 127 Å². The van der Waals surface area contributed by atoms with Gasteiger partial charge in [0.25, 0.3) is 0 Å². The standard InChI is InChI=1S/C53H71N7O12/c1-32(61)14-21-44(63)58-39(13-9-25-57-51(54)55)41(62)18-16-37-28-35(49(65)56-24-8-7-12-36(50(66)67)30-45(64)70-31-33-10-5-4-6-11-33)22-26-60(37)52(68)71-43-20-17-38-40-29-34-15-19-42(69-3)47-46(34)53(38,48(43)72-47)23-27-59(40)2/h4-6,10-11,15,19-20,35-40,48H,7-9,12-14,16-18,21-31H2,1-3H3,(H,56,65)(H,58,63)(H,66,67)(H4,54,55,57)/t35?,36-,37?,38+,39+,40-,48+,53+/m1/s1. The Morgan fingerprint density at radius 2 is 1.78 bits per heavy atom. The van der Waals surface area contributed by atoms with Crippen LogP contribution in [0.5, 0.6) is 11.5 Å². The van der Waals surface area contributed by atoms with E-state index >= 15 is 0 Å². The van der Waals surface area contributed by atoms with Crippen LogP contribution in [0.2, 0.25) is 0 Å². The maximum Gasteiger partial charge on any atom is 0.415 e. The lowest BCUT2D eigenvalue weighted by atomic mass is 9.53. The van der Waals surface area contributed by atoms with E-state index in [1.54, 1.807) is 12.0 Å². The first-order valence-electron chi connectivity index (χ1n) is 25.4. The summed E-state index contributed by atoms with van der Waals surface area (Å²) in [6, 6.07) is 12.0. The van der Waals surface area contributed by atoms with Crippen LogP contribution < -0.4 is 31.6 Å². The number of guanidine groups is 1. The predicted molar refractivity (Wildman–Crippen MR) is 265 cm³/mol. The summed E-state index contributed by atoms with van der Waals surface area (Å²) in [7, 11) is 3.78. The molecule has 3 heterocycles. The molecule has 2 aromatic rings. The van der Waals surface area contributed by atoms with Gasteiger partial charge in [-0.05, 0) is 114 Å². The first-order chi connectivity index (χ1) is 34.6. The zero-order valence-corrected chi connectivity index (χ0v) is 41.7. The van der Waals surface area contributed by atoms with E-state index in [1.807, 2.05) is 42.5 Å². The number of carboxylic acid groups (broad SMARTS) is 1. The number of nitrogens with zero attached hydrogens (tertiary/aromatic N) is 3. The highest BCUT2D eigenvalue weighted by Gasteiger charge is 2.65. The molecule has 7 rings (SSSR count). The molecule has 19 heteroatoms. The number of aliphatic carboxylic acids is 1. The molecule has 19 nitrogen and oxygen atoms in total. The minimum absolute atomic E-state index is 0.0285. The third kappa shape index (κ3) is 12.6. The molecule has 1 spiro atoms. The molecule has 2 saturated heterocycles. The van der Waals surface area contributed by atoms with Gasteiger partial charge < -0.3 is 60.7 Å². The number of hydrogen-bond donors (Lipinski definition) is 5. The van der Waals surface area contributed by atoms with Crippen LogP contribution in [0.25, 0.3) is 0 Å². The molecular formula is C53H71N7O12. The van der Waals surface area contributed by atoms with Crippen LogP contribution in [0.4, 0.5) is 4.79 Å². The Kier molecular flexibility index (Phi) is 18.0. The number of carboxylic acids is 1. The Hall–Kier alpha value is -6.50. The number of nitrogens with two attached hydrogens (primary N) is 2. The van der Waals surface area contributed by atoms with Gasteiger partial charge in [0.05, 0.1) is 25.5 Å². The summed E-state index contributed by atoms with van der Waals surface area (Å²) in [5.41, 5.74) is 13.8. The van der Waals surface area contributed by atoms with Crippen molar-refractivity contribution in [2.45, 2.75) is 139 Å². The average molecular weight is 998 g/mol. The molecule has 72 heavy (non-hydrogen) atoms. The lowest BCUT2D eigenvalue weighted by Crippen LogP contribution is -2.63. The Balaban J connectivity index is 1.01. The number of unbranched alkanes of at least 4 members (excludes halogenated alkanes) is 1. The van der Waals surface area contributed by atoms with Crippen molar-refractivity contribution in [2.75, 3.05) is 40.3 Å². The molecule has 0 radical (unpaired) electrons. The number of rotatable bonds is 25. The Labute approximate surface area is 420 Å². The Morgan fingerprint density at radius 1 is 0.986 bits per heavy atom. The zero-order chi connectivity index (χ0) is 51.5. The second kappa shape index (κ2) is 24.3. The van der Waals surface area contributed by atoms with Gasteiger partial charge in [-0.3, -0.25) is 29.0 Å². The number of piperidine rings is 2. The fourth-order valence-corrected chi connectivity index (χ4v) is 11.6. The number of ketones is 2. The van der Waals surface area contributed by atoms with Crippen LogP contribution >= 0.6 is 0 Å². The normalized spacial score (nSPS) is 23.5. The van der Waals surface area contributed by atoms with Gasteiger partial charge >= 0.3 is 18.0 Å². The number of hydrogen-bond acceptors (Lipinski definition) is 13. The summed E-state index contributed by atoms with van der Waals surface area (Å²) in [5.74, 6) is -2.36. The lowest BCUT2D eigenvalue weighted by Gasteiger charge is -2.56. The summed E-state index contributed by atoms with van der Waals surface area (Å²) in [6.07, 6.45) is 5.31. The molecule has 2 fully saturated rings. The third-order valence-electron chi connectivity index (χ3n) is 15.3. The van der Waals surface area contributed by atoms with Gasteiger partial charge in [-0.2, -0.15) is 0 Å². The van der Waals surface area contributed by atoms with Crippen LogP contribution in [0.1, 0.15) is 114 Å². The number of nitrogens with one attached hydrogen (secondary N) is 2. The molecule has 2 unspecified atom stereocenters. The molecule has 390 valence electrons. The van der Waals surface area contributed by atoms with Crippen molar-refractivity contribution < 1.29 is 57.6 Å². The summed E-state index contributed by atoms with van der Waals surface area (Å²) in [4.78, 5) is 99.5. The smallest absolute Gasteiger partial charge is 0.415 e. The first-order valence-corrected chi connectivity index (χ1v) is 25.4. The second-order valence-corrected chi connectivity index (χ2v) is 20.0. The molecule has 8 atom stereocenters. The maximum atomic E-state index is 14.6. The molecule has 2 aliphatic carbocycles. The van der Waals surface area contributed by atoms with Crippen molar-refractivity contribution >= 4 is 47.4 Å². The summed E-state index contributed by atoms with van der Waals surface area (Å²) in [5, 5.41) is 15.6. The number of methoxy groups -OCH3 is 1. The quantitative estimate of drug-likeness (QED) is 0.0398. The van der Waals surface area contributed by atoms with Gasteiger partial charge in [-0.25, -0.2) is 4.79 Å². The van der Waals surface area contributed by atoms with E-state index in [4.69, 9.17) is 30.4 Å². The minimum Gasteiger partial charge on any atom is -0.493 e. The van der Waals surface area contributed by atoms with E-state index in [9.17, 15) is 38.7 Å². The Morgan fingerprint density at radius 3 is 2.51 bits per heavy atom. The molecule has 2 aromatic carbocycles. The van der Waals surface area contributed by atoms with Crippen molar-refractivity contribution in [1.29, 1.82) is 0 Å². The summed E-state index contributed by atoms with van der Waals surface area (Å²) in [6.45, 7) is 2.96. The molecule has 0 saturated carbocycles. The van der Waals surface area contributed by atoms with E-state index in [2.05, 4.69) is 33.6 Å². The lowest BCUT2D eigenvalue weighted by molar-refractivity contribution is -0.152. The molecule has 3 amide bonds. The number of esters is 1. The van der Waals surface area contributed by atoms with Crippen molar-refractivity contribution in [2.24, 2.45) is 34.2 Å². The molecular weight excluding hydrogens is 927 g/mol. The fraction of sp³-hybridized carbons (Fsp3) is 0.585. The van der Waals surface area contributed by atoms with Crippen LogP contribution in [0.3, 0.4) is 0 Å². The number of aliphatic imine (C=N–C) groups is 1. The molecule has 2 bridgehead atoms. The van der Waals surface area contributed by atoms with Gasteiger partial charge in [-0.1, -0.05) is 42.8 Å². The number of amides is 3. The van der Waals surface area contributed by atoms with Crippen LogP contribution in [0.15, 0.2) is 59.3 Å². The van der Waals surface area contributed by atoms with Gasteiger partial charge in [0.2, 0.25) is 11.8 Å². The van der Waals surface area contributed by atoms with Gasteiger partial charge in [-0.15, -0.1) is 0 Å². The highest BCUT2D eigenvalue weighted by molar-refractivity contribution is 5.90.